The number of aliphatic imine (C=N–C) groups is 1. The summed E-state index contributed by atoms with van der Waals surface area (Å²) in [7, 11) is 0. The number of nitrogens with two attached hydrogens (primary N) is 1. The number of hydrazone groups is 1. The van der Waals surface area contributed by atoms with Gasteiger partial charge in [0.05, 0.1) is 18.8 Å². The van der Waals surface area contributed by atoms with E-state index >= 15 is 0 Å². The maximum absolute atomic E-state index is 13.2. The third-order valence-electron chi connectivity index (χ3n) is 4.64. The second kappa shape index (κ2) is 14.1. The lowest BCUT2D eigenvalue weighted by Crippen LogP contribution is -2.33. The minimum atomic E-state index is -0.255. The lowest BCUT2D eigenvalue weighted by atomic mass is 10.1. The fraction of sp³-hybridized carbons (Fsp3) is 0.154. The van der Waals surface area contributed by atoms with Gasteiger partial charge in [0.1, 0.15) is 5.82 Å². The van der Waals surface area contributed by atoms with Crippen molar-refractivity contribution < 1.29 is 4.39 Å². The third-order valence-corrected chi connectivity index (χ3v) is 5.85. The molecule has 0 aliphatic carbocycles. The number of guanidine groups is 1. The van der Waals surface area contributed by atoms with Gasteiger partial charge >= 0.3 is 0 Å². The van der Waals surface area contributed by atoms with Crippen LogP contribution in [0.3, 0.4) is 0 Å². The molecule has 0 aromatic heterocycles. The van der Waals surface area contributed by atoms with E-state index in [0.717, 1.165) is 33.9 Å². The summed E-state index contributed by atoms with van der Waals surface area (Å²) in [6.45, 7) is 1.28. The fourth-order valence-corrected chi connectivity index (χ4v) is 3.78. The molecular formula is C26H26FN5S2. The van der Waals surface area contributed by atoms with E-state index in [1.54, 1.807) is 12.1 Å². The van der Waals surface area contributed by atoms with E-state index in [1.807, 2.05) is 65.7 Å². The summed E-state index contributed by atoms with van der Waals surface area (Å²) in [6, 6.07) is 26.1. The van der Waals surface area contributed by atoms with Gasteiger partial charge < -0.3 is 0 Å². The molecule has 4 rings (SSSR count). The average Bonchev–Trinajstić information content (AvgIpc) is 3.38. The van der Waals surface area contributed by atoms with Gasteiger partial charge in [0, 0.05) is 22.6 Å². The summed E-state index contributed by atoms with van der Waals surface area (Å²) in [5.74, 6) is 3.73. The molecule has 0 bridgehead atoms. The molecule has 1 heterocycles. The van der Waals surface area contributed by atoms with Crippen LogP contribution in [-0.4, -0.2) is 35.5 Å². The van der Waals surface area contributed by atoms with E-state index in [9.17, 15) is 4.39 Å². The largest absolute Gasteiger partial charge is 0.295 e. The predicted molar refractivity (Wildman–Crippen MR) is 143 cm³/mol. The quantitative estimate of drug-likeness (QED) is 0.164. The Morgan fingerprint density at radius 3 is 2.29 bits per heavy atom. The average molecular weight is 492 g/mol. The van der Waals surface area contributed by atoms with E-state index in [2.05, 4.69) is 20.7 Å². The zero-order chi connectivity index (χ0) is 24.0. The number of benzene rings is 3. The SMILES string of the molecule is C#Cc1ccc(SNC(=NCCSN)N2CCC(c3ccc(F)cc3)=N2)cc1.c1ccccc1. The van der Waals surface area contributed by atoms with Crippen LogP contribution in [0.15, 0.2) is 99.9 Å². The standard InChI is InChI=1S/C20H20FN5S2.C6H6/c1-2-15-3-9-18(10-4-15)28-25-20(23-12-14-27-22)26-13-11-19(24-26)16-5-7-17(21)8-6-16;1-2-4-6-5-3-1/h1,3-10H,11-14,22H2,(H,23,25);1-6H. The number of hydrogen-bond donors (Lipinski definition) is 2. The van der Waals surface area contributed by atoms with Gasteiger partial charge in [-0.2, -0.15) is 5.10 Å². The molecule has 3 N–H and O–H groups in total. The molecule has 0 spiro atoms. The van der Waals surface area contributed by atoms with E-state index in [0.29, 0.717) is 19.0 Å². The molecule has 5 nitrogen and oxygen atoms in total. The molecule has 174 valence electrons. The van der Waals surface area contributed by atoms with Gasteiger partial charge in [0.15, 0.2) is 0 Å². The van der Waals surface area contributed by atoms with Crippen molar-refractivity contribution in [1.29, 1.82) is 0 Å². The first-order valence-electron chi connectivity index (χ1n) is 10.7. The Bertz CT molecular complexity index is 1080. The molecule has 0 saturated carbocycles. The zero-order valence-electron chi connectivity index (χ0n) is 18.6. The highest BCUT2D eigenvalue weighted by atomic mass is 32.2. The zero-order valence-corrected chi connectivity index (χ0v) is 20.2. The fourth-order valence-electron chi connectivity index (χ4n) is 2.93. The van der Waals surface area contributed by atoms with Crippen LogP contribution < -0.4 is 9.86 Å². The molecule has 8 heteroatoms. The van der Waals surface area contributed by atoms with Gasteiger partial charge in [-0.15, -0.1) is 6.42 Å². The Kier molecular flexibility index (Phi) is 10.5. The Labute approximate surface area is 209 Å². The van der Waals surface area contributed by atoms with Crippen LogP contribution in [0.1, 0.15) is 17.5 Å². The van der Waals surface area contributed by atoms with E-state index < -0.39 is 0 Å². The van der Waals surface area contributed by atoms with E-state index in [4.69, 9.17) is 11.6 Å². The normalized spacial score (nSPS) is 12.9. The van der Waals surface area contributed by atoms with Crippen LogP contribution in [0, 0.1) is 18.2 Å². The van der Waals surface area contributed by atoms with Gasteiger partial charge in [-0.05, 0) is 53.9 Å². The first-order valence-corrected chi connectivity index (χ1v) is 12.5. The van der Waals surface area contributed by atoms with Crippen molar-refractivity contribution in [3.05, 3.63) is 102 Å². The highest BCUT2D eigenvalue weighted by Crippen LogP contribution is 2.18. The molecule has 0 amide bonds. The lowest BCUT2D eigenvalue weighted by Gasteiger charge is -2.17. The minimum absolute atomic E-state index is 0.255. The molecule has 0 unspecified atom stereocenters. The Hall–Kier alpha value is -3.25. The minimum Gasteiger partial charge on any atom is -0.295 e. The molecule has 0 atom stereocenters. The van der Waals surface area contributed by atoms with Gasteiger partial charge in [-0.25, -0.2) is 14.4 Å². The molecule has 0 radical (unpaired) electrons. The summed E-state index contributed by atoms with van der Waals surface area (Å²) in [5.41, 5.74) is 2.66. The summed E-state index contributed by atoms with van der Waals surface area (Å²) in [4.78, 5) is 5.61. The first kappa shape index (κ1) is 25.4. The van der Waals surface area contributed by atoms with Crippen LogP contribution >= 0.6 is 23.9 Å². The van der Waals surface area contributed by atoms with Crippen LogP contribution in [0.5, 0.6) is 0 Å². The van der Waals surface area contributed by atoms with Gasteiger partial charge in [-0.1, -0.05) is 66.4 Å². The van der Waals surface area contributed by atoms with Gasteiger partial charge in [-0.3, -0.25) is 9.86 Å². The number of hydrogen-bond acceptors (Lipinski definition) is 5. The van der Waals surface area contributed by atoms with Gasteiger partial charge in [0.25, 0.3) is 0 Å². The molecule has 34 heavy (non-hydrogen) atoms. The van der Waals surface area contributed by atoms with Crippen molar-refractivity contribution in [2.75, 3.05) is 18.8 Å². The monoisotopic (exact) mass is 491 g/mol. The smallest absolute Gasteiger partial charge is 0.225 e. The summed E-state index contributed by atoms with van der Waals surface area (Å²) in [5, 5.41) is 12.0. The maximum Gasteiger partial charge on any atom is 0.225 e. The highest BCUT2D eigenvalue weighted by Gasteiger charge is 2.20. The Balaban J connectivity index is 0.000000469. The molecule has 3 aromatic carbocycles. The number of rotatable bonds is 6. The van der Waals surface area contributed by atoms with Crippen molar-refractivity contribution in [2.24, 2.45) is 15.2 Å². The second-order valence-corrected chi connectivity index (χ2v) is 8.65. The van der Waals surface area contributed by atoms with Crippen molar-refractivity contribution in [3.63, 3.8) is 0 Å². The van der Waals surface area contributed by atoms with Crippen LogP contribution in [0.4, 0.5) is 4.39 Å². The lowest BCUT2D eigenvalue weighted by molar-refractivity contribution is 0.479. The van der Waals surface area contributed by atoms with Crippen LogP contribution in [-0.2, 0) is 0 Å². The number of terminal acetylenes is 1. The summed E-state index contributed by atoms with van der Waals surface area (Å²) >= 11 is 2.70. The van der Waals surface area contributed by atoms with E-state index in [-0.39, 0.29) is 5.82 Å². The summed E-state index contributed by atoms with van der Waals surface area (Å²) in [6.07, 6.45) is 6.16. The number of halogens is 1. The van der Waals surface area contributed by atoms with Crippen LogP contribution in [0.25, 0.3) is 0 Å². The van der Waals surface area contributed by atoms with Crippen LogP contribution in [0.2, 0.25) is 0 Å². The predicted octanol–water partition coefficient (Wildman–Crippen LogP) is 5.16. The second-order valence-electron chi connectivity index (χ2n) is 7.03. The Morgan fingerprint density at radius 1 is 1.06 bits per heavy atom. The summed E-state index contributed by atoms with van der Waals surface area (Å²) < 4.78 is 16.4. The molecule has 1 aliphatic heterocycles. The maximum atomic E-state index is 13.2. The topological polar surface area (TPSA) is 66.0 Å². The number of nitrogens with one attached hydrogen (secondary N) is 1. The van der Waals surface area contributed by atoms with Crippen molar-refractivity contribution in [2.45, 2.75) is 11.3 Å². The van der Waals surface area contributed by atoms with E-state index in [1.165, 1.54) is 36.0 Å². The highest BCUT2D eigenvalue weighted by molar-refractivity contribution is 7.98. The molecule has 0 saturated heterocycles. The van der Waals surface area contributed by atoms with Crippen molar-refractivity contribution >= 4 is 35.6 Å². The number of nitrogens with zero attached hydrogens (tertiary/aromatic N) is 3. The molecule has 3 aromatic rings. The first-order chi connectivity index (χ1) is 16.7. The van der Waals surface area contributed by atoms with Crippen molar-refractivity contribution in [1.82, 2.24) is 9.73 Å². The van der Waals surface area contributed by atoms with Gasteiger partial charge in [0.2, 0.25) is 5.96 Å². The molecular weight excluding hydrogens is 465 g/mol. The van der Waals surface area contributed by atoms with Crippen molar-refractivity contribution in [3.8, 4) is 12.3 Å². The third kappa shape index (κ3) is 8.27. The molecule has 0 fully saturated rings. The molecule has 1 aliphatic rings. The Morgan fingerprint density at radius 2 is 1.71 bits per heavy atom.